The predicted molar refractivity (Wildman–Crippen MR) is 175 cm³/mol. The summed E-state index contributed by atoms with van der Waals surface area (Å²) < 4.78 is 18.9. The Morgan fingerprint density at radius 1 is 0.977 bits per heavy atom. The third kappa shape index (κ3) is 5.85. The minimum absolute atomic E-state index is 0.274. The fourth-order valence-electron chi connectivity index (χ4n) is 5.42. The molecular weight excluding hydrogens is 576 g/mol. The van der Waals surface area contributed by atoms with Gasteiger partial charge in [0.2, 0.25) is 0 Å². The normalized spacial score (nSPS) is 14.5. The van der Waals surface area contributed by atoms with Crippen LogP contribution in [0.15, 0.2) is 87.8 Å². The third-order valence-corrected chi connectivity index (χ3v) is 8.65. The van der Waals surface area contributed by atoms with Crippen LogP contribution >= 0.6 is 11.3 Å². The third-order valence-electron chi connectivity index (χ3n) is 7.67. The number of nitrogens with zero attached hydrogens (tertiary/aromatic N) is 3. The van der Waals surface area contributed by atoms with Gasteiger partial charge in [0.25, 0.3) is 11.5 Å². The molecule has 5 rings (SSSR count). The van der Waals surface area contributed by atoms with Gasteiger partial charge < -0.3 is 24.4 Å². The molecule has 9 nitrogen and oxygen atoms in total. The Morgan fingerprint density at radius 3 is 2.36 bits per heavy atom. The number of allylic oxidation sites excluding steroid dienone is 1. The zero-order valence-electron chi connectivity index (χ0n) is 25.7. The van der Waals surface area contributed by atoms with Crippen LogP contribution < -0.4 is 39.3 Å². The van der Waals surface area contributed by atoms with Crippen LogP contribution in [-0.4, -0.2) is 44.9 Å². The molecule has 0 spiro atoms. The maximum Gasteiger partial charge on any atom is 0.271 e. The van der Waals surface area contributed by atoms with Crippen molar-refractivity contribution in [2.75, 3.05) is 44.6 Å². The second kappa shape index (κ2) is 13.2. The van der Waals surface area contributed by atoms with Gasteiger partial charge >= 0.3 is 0 Å². The van der Waals surface area contributed by atoms with Crippen molar-refractivity contribution in [2.45, 2.75) is 26.8 Å². The summed E-state index contributed by atoms with van der Waals surface area (Å²) in [5.41, 5.74) is 3.66. The van der Waals surface area contributed by atoms with Gasteiger partial charge in [0.15, 0.2) is 4.80 Å². The van der Waals surface area contributed by atoms with Crippen molar-refractivity contribution in [3.8, 4) is 17.2 Å². The molecule has 1 aliphatic heterocycles. The number of nitrogens with one attached hydrogen (secondary N) is 1. The largest absolute Gasteiger partial charge is 0.497 e. The summed E-state index contributed by atoms with van der Waals surface area (Å²) in [7, 11) is 4.75. The number of aromatic nitrogens is 1. The van der Waals surface area contributed by atoms with E-state index in [1.54, 1.807) is 45.0 Å². The monoisotopic (exact) mass is 612 g/mol. The van der Waals surface area contributed by atoms with Crippen molar-refractivity contribution < 1.29 is 19.0 Å². The van der Waals surface area contributed by atoms with Gasteiger partial charge in [-0.1, -0.05) is 29.5 Å². The van der Waals surface area contributed by atoms with Gasteiger partial charge in [0.05, 0.1) is 37.1 Å². The summed E-state index contributed by atoms with van der Waals surface area (Å²) in [6, 6.07) is 19.7. The van der Waals surface area contributed by atoms with Crippen LogP contribution in [0.1, 0.15) is 37.9 Å². The van der Waals surface area contributed by atoms with E-state index in [1.807, 2.05) is 60.7 Å². The molecule has 44 heavy (non-hydrogen) atoms. The molecule has 2 heterocycles. The van der Waals surface area contributed by atoms with E-state index < -0.39 is 6.04 Å². The van der Waals surface area contributed by atoms with Crippen molar-refractivity contribution in [1.82, 2.24) is 4.57 Å². The number of thiazole rings is 1. The highest BCUT2D eigenvalue weighted by Crippen LogP contribution is 2.37. The highest BCUT2D eigenvalue weighted by atomic mass is 32.1. The molecule has 1 N–H and O–H groups in total. The topological polar surface area (TPSA) is 94.4 Å². The van der Waals surface area contributed by atoms with E-state index in [-0.39, 0.29) is 11.5 Å². The highest BCUT2D eigenvalue weighted by Gasteiger charge is 2.34. The maximum atomic E-state index is 14.2. The lowest BCUT2D eigenvalue weighted by Crippen LogP contribution is -2.40. The number of para-hydroxylation sites is 1. The molecule has 228 valence electrons. The lowest BCUT2D eigenvalue weighted by atomic mass is 9.94. The van der Waals surface area contributed by atoms with Crippen LogP contribution in [0.4, 0.5) is 11.4 Å². The van der Waals surface area contributed by atoms with E-state index in [4.69, 9.17) is 19.2 Å². The van der Waals surface area contributed by atoms with E-state index in [1.165, 1.54) is 11.3 Å². The van der Waals surface area contributed by atoms with Gasteiger partial charge in [0, 0.05) is 47.7 Å². The minimum Gasteiger partial charge on any atom is -0.497 e. The molecule has 10 heteroatoms. The molecular formula is C34H36N4O5S. The number of anilines is 2. The first-order valence-electron chi connectivity index (χ1n) is 14.4. The zero-order valence-corrected chi connectivity index (χ0v) is 26.5. The standard InChI is InChI=1S/C34H36N4O5S/c1-7-37(8-2)24-15-14-22(27(19-24)42-5)18-29-33(40)38-31(26-17-16-25(41-4)20-28(26)43-6)30(21(3)35-34(38)44-29)32(39)36-23-12-10-9-11-13-23/h9-20,31H,7-8H2,1-6H3,(H,36,39)/b29-18-/t31-/m0/s1. The van der Waals surface area contributed by atoms with Crippen LogP contribution in [0.3, 0.4) is 0 Å². The van der Waals surface area contributed by atoms with Crippen LogP contribution in [0.25, 0.3) is 6.08 Å². The number of carbonyl (C=O) groups excluding carboxylic acids is 1. The first-order chi connectivity index (χ1) is 21.3. The van der Waals surface area contributed by atoms with Crippen molar-refractivity contribution in [1.29, 1.82) is 0 Å². The first-order valence-corrected chi connectivity index (χ1v) is 15.2. The number of hydrogen-bond donors (Lipinski definition) is 1. The lowest BCUT2D eigenvalue weighted by molar-refractivity contribution is -0.113. The molecule has 1 aromatic heterocycles. The molecule has 0 radical (unpaired) electrons. The number of methoxy groups -OCH3 is 3. The maximum absolute atomic E-state index is 14.2. The number of fused-ring (bicyclic) bond motifs is 1. The Bertz CT molecular complexity index is 1890. The molecule has 1 atom stereocenters. The summed E-state index contributed by atoms with van der Waals surface area (Å²) in [6.07, 6.45) is 1.82. The predicted octanol–water partition coefficient (Wildman–Crippen LogP) is 4.75. The van der Waals surface area contributed by atoms with Crippen molar-refractivity contribution in [2.24, 2.45) is 4.99 Å². The second-order valence-corrected chi connectivity index (χ2v) is 11.1. The molecule has 0 saturated carbocycles. The quantitative estimate of drug-likeness (QED) is 0.278. The van der Waals surface area contributed by atoms with Gasteiger partial charge in [0.1, 0.15) is 23.3 Å². The molecule has 0 aliphatic carbocycles. The second-order valence-electron chi connectivity index (χ2n) is 10.1. The Labute approximate surface area is 260 Å². The smallest absolute Gasteiger partial charge is 0.271 e. The summed E-state index contributed by atoms with van der Waals surface area (Å²) >= 11 is 1.27. The van der Waals surface area contributed by atoms with Gasteiger partial charge in [-0.3, -0.25) is 14.2 Å². The molecule has 1 amide bonds. The Kier molecular flexibility index (Phi) is 9.20. The highest BCUT2D eigenvalue weighted by molar-refractivity contribution is 7.07. The average Bonchev–Trinajstić information content (AvgIpc) is 3.35. The first kappa shape index (κ1) is 30.6. The molecule has 4 aromatic rings. The number of carbonyl (C=O) groups is 1. The number of hydrogen-bond acceptors (Lipinski definition) is 8. The van der Waals surface area contributed by atoms with E-state index in [0.29, 0.717) is 49.1 Å². The number of amides is 1. The van der Waals surface area contributed by atoms with Crippen LogP contribution in [-0.2, 0) is 4.79 Å². The molecule has 0 bridgehead atoms. The fraction of sp³-hybridized carbons (Fsp3) is 0.265. The Hall–Kier alpha value is -4.83. The zero-order chi connectivity index (χ0) is 31.4. The van der Waals surface area contributed by atoms with Crippen molar-refractivity contribution in [3.63, 3.8) is 0 Å². The molecule has 0 saturated heterocycles. The number of rotatable bonds is 10. The van der Waals surface area contributed by atoms with Gasteiger partial charge in [-0.2, -0.15) is 0 Å². The minimum atomic E-state index is -0.801. The molecule has 0 fully saturated rings. The van der Waals surface area contributed by atoms with Crippen LogP contribution in [0.2, 0.25) is 0 Å². The number of benzene rings is 3. The van der Waals surface area contributed by atoms with Gasteiger partial charge in [-0.15, -0.1) is 0 Å². The van der Waals surface area contributed by atoms with Gasteiger partial charge in [-0.25, -0.2) is 4.99 Å². The lowest BCUT2D eigenvalue weighted by Gasteiger charge is -2.26. The van der Waals surface area contributed by atoms with E-state index >= 15 is 0 Å². The summed E-state index contributed by atoms with van der Waals surface area (Å²) in [5, 5.41) is 2.98. The Morgan fingerprint density at radius 2 is 1.70 bits per heavy atom. The summed E-state index contributed by atoms with van der Waals surface area (Å²) in [5.74, 6) is 1.38. The van der Waals surface area contributed by atoms with Crippen LogP contribution in [0, 0.1) is 0 Å². The molecule has 3 aromatic carbocycles. The van der Waals surface area contributed by atoms with E-state index in [0.717, 1.165) is 24.3 Å². The average molecular weight is 613 g/mol. The van der Waals surface area contributed by atoms with Crippen molar-refractivity contribution >= 4 is 34.7 Å². The van der Waals surface area contributed by atoms with E-state index in [9.17, 15) is 9.59 Å². The van der Waals surface area contributed by atoms with E-state index in [2.05, 4.69) is 24.1 Å². The molecule has 0 unspecified atom stereocenters. The van der Waals surface area contributed by atoms with Gasteiger partial charge in [-0.05, 0) is 63.2 Å². The molecule has 1 aliphatic rings. The van der Waals surface area contributed by atoms with Crippen molar-refractivity contribution in [3.05, 3.63) is 109 Å². The SMILES string of the molecule is CCN(CC)c1ccc(/C=c2\sc3n(c2=O)[C@@H](c2ccc(OC)cc2OC)C(C(=O)Nc2ccccc2)=C(C)N=3)c(OC)c1. The van der Waals surface area contributed by atoms with Crippen LogP contribution in [0.5, 0.6) is 17.2 Å². The summed E-state index contributed by atoms with van der Waals surface area (Å²) in [6.45, 7) is 7.73. The fourth-order valence-corrected chi connectivity index (χ4v) is 6.45. The number of ether oxygens (including phenoxy) is 3. The summed E-state index contributed by atoms with van der Waals surface area (Å²) in [4.78, 5) is 35.6. The Balaban J connectivity index is 1.69.